The summed E-state index contributed by atoms with van der Waals surface area (Å²) in [7, 11) is 4.44. The summed E-state index contributed by atoms with van der Waals surface area (Å²) in [5.74, 6) is 0.505. The normalized spacial score (nSPS) is 12.7. The molecule has 1 aromatic heterocycles. The standard InChI is InChI=1S/C25H30F3N3O4/c1-15(7-6-11-29)31-19-14-20(32-2)23(35-17-9-5-8-16(13-17)25(26,27)28)21-18(24(33-3)34-4)10-12-30-22(19)21/h5,8-10,12-15,24,31H,6-7,11,29H2,1-4H3. The number of rotatable bonds is 11. The summed E-state index contributed by atoms with van der Waals surface area (Å²) < 4.78 is 62.5. The number of hydrogen-bond donors (Lipinski definition) is 2. The molecule has 0 radical (unpaired) electrons. The molecule has 0 amide bonds. The first-order chi connectivity index (χ1) is 16.7. The number of nitrogens with two attached hydrogens (primary N) is 1. The van der Waals surface area contributed by atoms with Crippen molar-refractivity contribution in [2.24, 2.45) is 5.73 Å². The fraction of sp³-hybridized carbons (Fsp3) is 0.400. The molecule has 1 heterocycles. The van der Waals surface area contributed by atoms with Gasteiger partial charge in [-0.3, -0.25) is 4.98 Å². The van der Waals surface area contributed by atoms with Crippen LogP contribution in [0.25, 0.3) is 10.9 Å². The molecule has 3 rings (SSSR count). The second-order valence-electron chi connectivity index (χ2n) is 7.99. The summed E-state index contributed by atoms with van der Waals surface area (Å²) >= 11 is 0. The Morgan fingerprint density at radius 3 is 2.46 bits per heavy atom. The van der Waals surface area contributed by atoms with E-state index in [4.69, 9.17) is 24.7 Å². The number of nitrogens with one attached hydrogen (secondary N) is 1. The van der Waals surface area contributed by atoms with Crippen LogP contribution in [-0.4, -0.2) is 38.9 Å². The van der Waals surface area contributed by atoms with Crippen molar-refractivity contribution >= 4 is 16.6 Å². The summed E-state index contributed by atoms with van der Waals surface area (Å²) in [6.07, 6.45) is -2.00. The van der Waals surface area contributed by atoms with E-state index >= 15 is 0 Å². The van der Waals surface area contributed by atoms with E-state index in [1.54, 1.807) is 18.3 Å². The summed E-state index contributed by atoms with van der Waals surface area (Å²) in [5, 5.41) is 3.92. The van der Waals surface area contributed by atoms with Crippen molar-refractivity contribution in [1.82, 2.24) is 4.98 Å². The van der Waals surface area contributed by atoms with Gasteiger partial charge in [-0.05, 0) is 50.6 Å². The number of anilines is 1. The lowest BCUT2D eigenvalue weighted by Gasteiger charge is -2.23. The number of alkyl halides is 3. The molecule has 10 heteroatoms. The minimum Gasteiger partial charge on any atom is -0.493 e. The van der Waals surface area contributed by atoms with Gasteiger partial charge in [0.25, 0.3) is 0 Å². The summed E-state index contributed by atoms with van der Waals surface area (Å²) in [6.45, 7) is 2.60. The highest BCUT2D eigenvalue weighted by Crippen LogP contribution is 2.46. The molecule has 1 unspecified atom stereocenters. The Morgan fingerprint density at radius 1 is 1.09 bits per heavy atom. The lowest BCUT2D eigenvalue weighted by atomic mass is 10.0. The Bertz CT molecular complexity index is 1140. The van der Waals surface area contributed by atoms with Crippen LogP contribution in [0.3, 0.4) is 0 Å². The van der Waals surface area contributed by atoms with Crippen molar-refractivity contribution in [2.45, 2.75) is 38.3 Å². The van der Waals surface area contributed by atoms with Crippen molar-refractivity contribution in [3.63, 3.8) is 0 Å². The van der Waals surface area contributed by atoms with Gasteiger partial charge in [0, 0.05) is 38.1 Å². The van der Waals surface area contributed by atoms with Crippen molar-refractivity contribution in [3.05, 3.63) is 53.7 Å². The smallest absolute Gasteiger partial charge is 0.416 e. The van der Waals surface area contributed by atoms with Gasteiger partial charge < -0.3 is 30.0 Å². The molecule has 1 atom stereocenters. The maximum atomic E-state index is 13.3. The van der Waals surface area contributed by atoms with Crippen LogP contribution in [0.2, 0.25) is 0 Å². The van der Waals surface area contributed by atoms with Gasteiger partial charge in [-0.25, -0.2) is 0 Å². The van der Waals surface area contributed by atoms with Crippen LogP contribution in [0.4, 0.5) is 18.9 Å². The molecule has 35 heavy (non-hydrogen) atoms. The molecular formula is C25H30F3N3O4. The van der Waals surface area contributed by atoms with Gasteiger partial charge in [0.05, 0.1) is 29.3 Å². The Labute approximate surface area is 202 Å². The highest BCUT2D eigenvalue weighted by atomic mass is 19.4. The Morgan fingerprint density at radius 2 is 1.83 bits per heavy atom. The summed E-state index contributed by atoms with van der Waals surface area (Å²) in [4.78, 5) is 4.55. The average Bonchev–Trinajstić information content (AvgIpc) is 2.84. The molecule has 7 nitrogen and oxygen atoms in total. The number of pyridine rings is 1. The minimum absolute atomic E-state index is 0.00219. The first-order valence-electron chi connectivity index (χ1n) is 11.1. The molecule has 0 aliphatic heterocycles. The number of nitrogens with zero attached hydrogens (tertiary/aromatic N) is 1. The highest BCUT2D eigenvalue weighted by Gasteiger charge is 2.31. The predicted molar refractivity (Wildman–Crippen MR) is 128 cm³/mol. The second kappa shape index (κ2) is 11.6. The van der Waals surface area contributed by atoms with Gasteiger partial charge in [0.2, 0.25) is 0 Å². The van der Waals surface area contributed by atoms with Gasteiger partial charge >= 0.3 is 6.18 Å². The maximum Gasteiger partial charge on any atom is 0.416 e. The van der Waals surface area contributed by atoms with Crippen molar-refractivity contribution in [3.8, 4) is 17.2 Å². The number of fused-ring (bicyclic) bond motifs is 1. The van der Waals surface area contributed by atoms with Gasteiger partial charge in [-0.1, -0.05) is 6.07 Å². The number of hydrogen-bond acceptors (Lipinski definition) is 7. The Balaban J connectivity index is 2.22. The van der Waals surface area contributed by atoms with E-state index in [1.165, 1.54) is 33.5 Å². The van der Waals surface area contributed by atoms with Gasteiger partial charge in [0.15, 0.2) is 17.8 Å². The van der Waals surface area contributed by atoms with Crippen molar-refractivity contribution in [2.75, 3.05) is 33.2 Å². The zero-order valence-electron chi connectivity index (χ0n) is 20.1. The third kappa shape index (κ3) is 6.14. The molecular weight excluding hydrogens is 463 g/mol. The zero-order valence-corrected chi connectivity index (χ0v) is 20.1. The quantitative estimate of drug-likeness (QED) is 0.322. The lowest BCUT2D eigenvalue weighted by Crippen LogP contribution is -2.17. The molecule has 0 bridgehead atoms. The average molecular weight is 494 g/mol. The molecule has 3 aromatic rings. The summed E-state index contributed by atoms with van der Waals surface area (Å²) in [6, 6.07) is 8.15. The number of ether oxygens (including phenoxy) is 4. The summed E-state index contributed by atoms with van der Waals surface area (Å²) in [5.41, 5.74) is 6.61. The number of methoxy groups -OCH3 is 3. The molecule has 0 saturated heterocycles. The molecule has 0 spiro atoms. The maximum absolute atomic E-state index is 13.3. The van der Waals surface area contributed by atoms with E-state index in [2.05, 4.69) is 10.3 Å². The van der Waals surface area contributed by atoms with Gasteiger partial charge in [-0.15, -0.1) is 0 Å². The molecule has 0 aliphatic rings. The monoisotopic (exact) mass is 493 g/mol. The third-order valence-electron chi connectivity index (χ3n) is 5.49. The van der Waals surface area contributed by atoms with E-state index in [1.807, 2.05) is 6.92 Å². The van der Waals surface area contributed by atoms with Crippen LogP contribution in [0.1, 0.15) is 37.2 Å². The van der Waals surface area contributed by atoms with Gasteiger partial charge in [-0.2, -0.15) is 13.2 Å². The van der Waals surface area contributed by atoms with Crippen LogP contribution in [0, 0.1) is 0 Å². The Hall–Kier alpha value is -3.08. The third-order valence-corrected chi connectivity index (χ3v) is 5.49. The second-order valence-corrected chi connectivity index (χ2v) is 7.99. The first-order valence-corrected chi connectivity index (χ1v) is 11.1. The van der Waals surface area contributed by atoms with E-state index in [-0.39, 0.29) is 17.5 Å². The first kappa shape index (κ1) is 26.5. The lowest BCUT2D eigenvalue weighted by molar-refractivity contribution is -0.137. The molecule has 0 aliphatic carbocycles. The fourth-order valence-corrected chi connectivity index (χ4v) is 3.83. The number of halogens is 3. The van der Waals surface area contributed by atoms with Crippen molar-refractivity contribution in [1.29, 1.82) is 0 Å². The van der Waals surface area contributed by atoms with E-state index < -0.39 is 18.0 Å². The Kier molecular flexibility index (Phi) is 8.76. The largest absolute Gasteiger partial charge is 0.493 e. The van der Waals surface area contributed by atoms with Crippen LogP contribution in [0.5, 0.6) is 17.2 Å². The van der Waals surface area contributed by atoms with Crippen LogP contribution >= 0.6 is 0 Å². The van der Waals surface area contributed by atoms with Crippen LogP contribution in [0.15, 0.2) is 42.6 Å². The van der Waals surface area contributed by atoms with E-state index in [9.17, 15) is 13.2 Å². The molecule has 2 aromatic carbocycles. The molecule has 0 saturated carbocycles. The predicted octanol–water partition coefficient (Wildman–Crippen LogP) is 5.89. The van der Waals surface area contributed by atoms with Gasteiger partial charge in [0.1, 0.15) is 5.75 Å². The van der Waals surface area contributed by atoms with E-state index in [0.717, 1.165) is 25.0 Å². The number of aromatic nitrogens is 1. The SMILES string of the molecule is COc1cc(NC(C)CCCN)c2nccc(C(OC)OC)c2c1Oc1cccc(C(F)(F)F)c1. The topological polar surface area (TPSA) is 87.9 Å². The number of benzene rings is 2. The molecule has 3 N–H and O–H groups in total. The zero-order chi connectivity index (χ0) is 25.6. The van der Waals surface area contributed by atoms with E-state index in [0.29, 0.717) is 34.4 Å². The minimum atomic E-state index is -4.51. The fourth-order valence-electron chi connectivity index (χ4n) is 3.83. The molecule has 0 fully saturated rings. The van der Waals surface area contributed by atoms with Crippen LogP contribution in [-0.2, 0) is 15.7 Å². The van der Waals surface area contributed by atoms with Crippen molar-refractivity contribution < 1.29 is 32.1 Å². The molecule has 190 valence electrons. The highest BCUT2D eigenvalue weighted by molar-refractivity contribution is 5.99. The van der Waals surface area contributed by atoms with Crippen LogP contribution < -0.4 is 20.5 Å².